The number of anilines is 1. The number of nitrogens with zero attached hydrogens (tertiary/aromatic N) is 4. The van der Waals surface area contributed by atoms with Gasteiger partial charge in [-0.25, -0.2) is 4.98 Å². The van der Waals surface area contributed by atoms with E-state index >= 15 is 0 Å². The van der Waals surface area contributed by atoms with Crippen LogP contribution in [0.2, 0.25) is 0 Å². The molecule has 2 saturated carbocycles. The van der Waals surface area contributed by atoms with Crippen LogP contribution < -0.4 is 10.2 Å². The van der Waals surface area contributed by atoms with Crippen molar-refractivity contribution in [2.75, 3.05) is 18.0 Å². The van der Waals surface area contributed by atoms with E-state index < -0.39 is 0 Å². The van der Waals surface area contributed by atoms with Crippen LogP contribution in [0, 0.1) is 5.92 Å². The molecule has 1 N–H and O–H groups in total. The number of carbonyl (C=O) groups is 1. The topological polar surface area (TPSA) is 84.2 Å². The molecular formula is C20H25N5O2. The number of aromatic nitrogens is 3. The standard InChI is InChI=1S/C20H25N5O2/c26-19(22-15-8-9-15)14-6-3-11-25(12-14)18-16(7-2-10-21-18)17-23-20(27-24-17)13-4-1-5-13/h2,7,10,13-15H,1,3-6,8-9,11-12H2,(H,22,26). The third-order valence-corrected chi connectivity index (χ3v) is 5.94. The molecule has 0 aromatic carbocycles. The molecule has 1 unspecified atom stereocenters. The lowest BCUT2D eigenvalue weighted by Crippen LogP contribution is -2.44. The normalized spacial score (nSPS) is 23.1. The van der Waals surface area contributed by atoms with Gasteiger partial charge in [-0.15, -0.1) is 0 Å². The molecule has 27 heavy (non-hydrogen) atoms. The van der Waals surface area contributed by atoms with E-state index in [1.807, 2.05) is 12.1 Å². The van der Waals surface area contributed by atoms with Gasteiger partial charge in [-0.1, -0.05) is 11.6 Å². The molecule has 7 heteroatoms. The SMILES string of the molecule is O=C(NC1CC1)C1CCCN(c2ncccc2-c2noc(C3CCC3)n2)C1. The minimum absolute atomic E-state index is 0.0185. The van der Waals surface area contributed by atoms with Crippen LogP contribution in [0.5, 0.6) is 0 Å². The zero-order chi connectivity index (χ0) is 18.2. The molecule has 7 nitrogen and oxygen atoms in total. The minimum Gasteiger partial charge on any atom is -0.355 e. The van der Waals surface area contributed by atoms with Gasteiger partial charge in [0.25, 0.3) is 0 Å². The molecule has 2 aliphatic carbocycles. The molecule has 1 aliphatic heterocycles. The molecule has 5 rings (SSSR count). The van der Waals surface area contributed by atoms with E-state index in [-0.39, 0.29) is 11.8 Å². The lowest BCUT2D eigenvalue weighted by molar-refractivity contribution is -0.125. The van der Waals surface area contributed by atoms with Crippen LogP contribution in [-0.2, 0) is 4.79 Å². The van der Waals surface area contributed by atoms with Gasteiger partial charge in [-0.2, -0.15) is 4.98 Å². The second-order valence-corrected chi connectivity index (χ2v) is 8.03. The molecule has 1 atom stereocenters. The molecule has 0 spiro atoms. The van der Waals surface area contributed by atoms with Gasteiger partial charge < -0.3 is 14.7 Å². The Kier molecular flexibility index (Phi) is 4.30. The first kappa shape index (κ1) is 16.7. The van der Waals surface area contributed by atoms with Gasteiger partial charge in [-0.05, 0) is 50.7 Å². The number of nitrogens with one attached hydrogen (secondary N) is 1. The lowest BCUT2D eigenvalue weighted by Gasteiger charge is -2.33. The van der Waals surface area contributed by atoms with Crippen molar-refractivity contribution >= 4 is 11.7 Å². The van der Waals surface area contributed by atoms with Crippen LogP contribution in [-0.4, -0.2) is 40.2 Å². The van der Waals surface area contributed by atoms with E-state index in [1.165, 1.54) is 6.42 Å². The number of hydrogen-bond acceptors (Lipinski definition) is 6. The van der Waals surface area contributed by atoms with Gasteiger partial charge in [-0.3, -0.25) is 4.79 Å². The summed E-state index contributed by atoms with van der Waals surface area (Å²) in [5, 5.41) is 7.36. The molecule has 1 amide bonds. The summed E-state index contributed by atoms with van der Waals surface area (Å²) in [7, 11) is 0. The Labute approximate surface area is 158 Å². The number of amides is 1. The first-order valence-corrected chi connectivity index (χ1v) is 10.1. The van der Waals surface area contributed by atoms with Crippen molar-refractivity contribution in [3.8, 4) is 11.4 Å². The zero-order valence-electron chi connectivity index (χ0n) is 15.4. The summed E-state index contributed by atoms with van der Waals surface area (Å²) < 4.78 is 5.50. The highest BCUT2D eigenvalue weighted by molar-refractivity contribution is 5.80. The number of piperidine rings is 1. The summed E-state index contributed by atoms with van der Waals surface area (Å²) in [6.45, 7) is 1.58. The van der Waals surface area contributed by atoms with E-state index in [0.717, 1.165) is 62.3 Å². The highest BCUT2D eigenvalue weighted by Crippen LogP contribution is 2.37. The molecule has 0 radical (unpaired) electrons. The van der Waals surface area contributed by atoms with Crippen molar-refractivity contribution in [2.24, 2.45) is 5.92 Å². The Bertz CT molecular complexity index is 827. The van der Waals surface area contributed by atoms with Gasteiger partial charge >= 0.3 is 0 Å². The molecule has 1 saturated heterocycles. The molecular weight excluding hydrogens is 342 g/mol. The van der Waals surface area contributed by atoms with Crippen LogP contribution >= 0.6 is 0 Å². The first-order valence-electron chi connectivity index (χ1n) is 10.1. The maximum Gasteiger partial charge on any atom is 0.230 e. The summed E-state index contributed by atoms with van der Waals surface area (Å²) in [6.07, 6.45) is 9.44. The fourth-order valence-corrected chi connectivity index (χ4v) is 3.92. The highest BCUT2D eigenvalue weighted by Gasteiger charge is 2.32. The van der Waals surface area contributed by atoms with E-state index in [9.17, 15) is 4.79 Å². The van der Waals surface area contributed by atoms with Gasteiger partial charge in [0.1, 0.15) is 5.82 Å². The molecule has 142 valence electrons. The maximum absolute atomic E-state index is 12.5. The fraction of sp³-hybridized carbons (Fsp3) is 0.600. The summed E-state index contributed by atoms with van der Waals surface area (Å²) >= 11 is 0. The molecule has 3 aliphatic rings. The number of pyridine rings is 1. The van der Waals surface area contributed by atoms with Crippen molar-refractivity contribution in [3.05, 3.63) is 24.2 Å². The zero-order valence-corrected chi connectivity index (χ0v) is 15.4. The first-order chi connectivity index (χ1) is 13.3. The smallest absolute Gasteiger partial charge is 0.230 e. The van der Waals surface area contributed by atoms with Gasteiger partial charge in [0.2, 0.25) is 17.6 Å². The van der Waals surface area contributed by atoms with Crippen molar-refractivity contribution in [1.29, 1.82) is 0 Å². The fourth-order valence-electron chi connectivity index (χ4n) is 3.92. The van der Waals surface area contributed by atoms with E-state index in [2.05, 4.69) is 25.3 Å². The van der Waals surface area contributed by atoms with Crippen molar-refractivity contribution in [2.45, 2.75) is 56.9 Å². The summed E-state index contributed by atoms with van der Waals surface area (Å²) in [4.78, 5) is 23.9. The Hall–Kier alpha value is -2.44. The minimum atomic E-state index is 0.0185. The van der Waals surface area contributed by atoms with E-state index in [0.29, 0.717) is 24.3 Å². The Balaban J connectivity index is 1.36. The van der Waals surface area contributed by atoms with Gasteiger partial charge in [0, 0.05) is 31.2 Å². The van der Waals surface area contributed by atoms with Crippen molar-refractivity contribution in [1.82, 2.24) is 20.4 Å². The number of rotatable bonds is 5. The van der Waals surface area contributed by atoms with Crippen LogP contribution in [0.1, 0.15) is 56.8 Å². The van der Waals surface area contributed by atoms with Gasteiger partial charge in [0.05, 0.1) is 11.5 Å². The molecule has 3 heterocycles. The third kappa shape index (κ3) is 3.42. The second kappa shape index (κ2) is 6.94. The Morgan fingerprint density at radius 1 is 1.19 bits per heavy atom. The Morgan fingerprint density at radius 2 is 2.07 bits per heavy atom. The summed E-state index contributed by atoms with van der Waals surface area (Å²) in [5.74, 6) is 2.81. The predicted octanol–water partition coefficient (Wildman–Crippen LogP) is 2.89. The van der Waals surface area contributed by atoms with Crippen LogP contribution in [0.3, 0.4) is 0 Å². The molecule has 2 aromatic heterocycles. The average Bonchev–Trinajstić information content (AvgIpc) is 3.35. The average molecular weight is 367 g/mol. The van der Waals surface area contributed by atoms with Crippen molar-refractivity contribution < 1.29 is 9.32 Å². The monoisotopic (exact) mass is 367 g/mol. The maximum atomic E-state index is 12.5. The summed E-state index contributed by atoms with van der Waals surface area (Å²) in [6, 6.07) is 4.30. The molecule has 0 bridgehead atoms. The Morgan fingerprint density at radius 3 is 2.85 bits per heavy atom. The number of carbonyl (C=O) groups excluding carboxylic acids is 1. The van der Waals surface area contributed by atoms with Crippen LogP contribution in [0.15, 0.2) is 22.9 Å². The molecule has 3 fully saturated rings. The van der Waals surface area contributed by atoms with E-state index in [4.69, 9.17) is 4.52 Å². The molecule has 2 aromatic rings. The van der Waals surface area contributed by atoms with E-state index in [1.54, 1.807) is 6.20 Å². The quantitative estimate of drug-likeness (QED) is 0.875. The number of hydrogen-bond donors (Lipinski definition) is 1. The van der Waals surface area contributed by atoms with Crippen LogP contribution in [0.4, 0.5) is 5.82 Å². The van der Waals surface area contributed by atoms with Crippen LogP contribution in [0.25, 0.3) is 11.4 Å². The lowest BCUT2D eigenvalue weighted by atomic mass is 9.85. The predicted molar refractivity (Wildman–Crippen MR) is 100 cm³/mol. The van der Waals surface area contributed by atoms with Crippen molar-refractivity contribution in [3.63, 3.8) is 0 Å². The second-order valence-electron chi connectivity index (χ2n) is 8.03. The largest absolute Gasteiger partial charge is 0.355 e. The summed E-state index contributed by atoms with van der Waals surface area (Å²) in [5.41, 5.74) is 0.884. The van der Waals surface area contributed by atoms with Gasteiger partial charge in [0.15, 0.2) is 0 Å². The third-order valence-electron chi connectivity index (χ3n) is 5.94. The highest BCUT2D eigenvalue weighted by atomic mass is 16.5.